The number of anilines is 1. The van der Waals surface area contributed by atoms with Crippen LogP contribution in [-0.4, -0.2) is 60.0 Å². The summed E-state index contributed by atoms with van der Waals surface area (Å²) in [7, 11) is 5.72. The summed E-state index contributed by atoms with van der Waals surface area (Å²) in [6.07, 6.45) is 0.370. The van der Waals surface area contributed by atoms with Gasteiger partial charge in [-0.15, -0.1) is 0 Å². The number of ether oxygens (including phenoxy) is 2. The number of benzene rings is 2. The fourth-order valence-corrected chi connectivity index (χ4v) is 3.69. The van der Waals surface area contributed by atoms with Crippen LogP contribution in [0.1, 0.15) is 17.2 Å². The van der Waals surface area contributed by atoms with Gasteiger partial charge in [0.05, 0.1) is 33.3 Å². The number of rotatable bonds is 8. The zero-order chi connectivity index (χ0) is 20.6. The number of nitrogens with one attached hydrogen (secondary N) is 2. The SMILES string of the molecule is COc1ccc(CC(=O)NC[C@H](c2ccc(N(C)C)cc2)[NH+]2CCOCC2)cc1. The van der Waals surface area contributed by atoms with E-state index in [9.17, 15) is 4.79 Å². The standard InChI is InChI=1S/C23H31N3O3/c1-25(2)20-8-6-19(7-9-20)22(26-12-14-29-15-13-26)17-24-23(27)16-18-4-10-21(28-3)11-5-18/h4-11,22H,12-17H2,1-3H3,(H,24,27)/p+1/t22-/m1/s1. The maximum absolute atomic E-state index is 12.5. The van der Waals surface area contributed by atoms with Gasteiger partial charge in [-0.2, -0.15) is 0 Å². The molecule has 0 bridgehead atoms. The lowest BCUT2D eigenvalue weighted by molar-refractivity contribution is -0.937. The second kappa shape index (κ2) is 10.3. The van der Waals surface area contributed by atoms with Crippen molar-refractivity contribution in [2.24, 2.45) is 0 Å². The lowest BCUT2D eigenvalue weighted by Gasteiger charge is -2.32. The Kier molecular flexibility index (Phi) is 7.49. The van der Waals surface area contributed by atoms with Crippen LogP contribution in [-0.2, 0) is 16.0 Å². The van der Waals surface area contributed by atoms with E-state index in [-0.39, 0.29) is 11.9 Å². The van der Waals surface area contributed by atoms with Gasteiger partial charge in [0.1, 0.15) is 24.9 Å². The Morgan fingerprint density at radius 2 is 1.76 bits per heavy atom. The molecule has 2 aromatic rings. The van der Waals surface area contributed by atoms with E-state index in [0.717, 1.165) is 37.6 Å². The van der Waals surface area contributed by atoms with Crippen molar-refractivity contribution in [2.45, 2.75) is 12.5 Å². The number of hydrogen-bond donors (Lipinski definition) is 2. The topological polar surface area (TPSA) is 55.2 Å². The third-order valence-electron chi connectivity index (χ3n) is 5.47. The molecule has 29 heavy (non-hydrogen) atoms. The summed E-state index contributed by atoms with van der Waals surface area (Å²) >= 11 is 0. The van der Waals surface area contributed by atoms with Gasteiger partial charge in [-0.05, 0) is 29.8 Å². The molecule has 6 nitrogen and oxygen atoms in total. The minimum Gasteiger partial charge on any atom is -0.497 e. The van der Waals surface area contributed by atoms with Crippen LogP contribution in [0.4, 0.5) is 5.69 Å². The molecule has 0 spiro atoms. The molecule has 156 valence electrons. The highest BCUT2D eigenvalue weighted by molar-refractivity contribution is 5.78. The summed E-state index contributed by atoms with van der Waals surface area (Å²) < 4.78 is 10.7. The van der Waals surface area contributed by atoms with E-state index in [0.29, 0.717) is 13.0 Å². The van der Waals surface area contributed by atoms with E-state index in [1.54, 1.807) is 7.11 Å². The molecular weight excluding hydrogens is 366 g/mol. The van der Waals surface area contributed by atoms with Gasteiger partial charge in [0.15, 0.2) is 0 Å². The molecule has 2 aromatic carbocycles. The van der Waals surface area contributed by atoms with Crippen LogP contribution >= 0.6 is 0 Å². The van der Waals surface area contributed by atoms with Crippen molar-refractivity contribution in [2.75, 3.05) is 59.0 Å². The van der Waals surface area contributed by atoms with Crippen molar-refractivity contribution in [1.82, 2.24) is 5.32 Å². The molecule has 0 unspecified atom stereocenters. The Labute approximate surface area is 173 Å². The van der Waals surface area contributed by atoms with Crippen LogP contribution in [0.3, 0.4) is 0 Å². The van der Waals surface area contributed by atoms with Crippen LogP contribution in [0.2, 0.25) is 0 Å². The van der Waals surface area contributed by atoms with Crippen molar-refractivity contribution in [3.63, 3.8) is 0 Å². The van der Waals surface area contributed by atoms with Crippen molar-refractivity contribution in [3.05, 3.63) is 59.7 Å². The summed E-state index contributed by atoms with van der Waals surface area (Å²) in [5, 5.41) is 3.15. The first-order chi connectivity index (χ1) is 14.1. The summed E-state index contributed by atoms with van der Waals surface area (Å²) in [5.41, 5.74) is 3.40. The van der Waals surface area contributed by atoms with Gasteiger partial charge < -0.3 is 24.6 Å². The summed E-state index contributed by atoms with van der Waals surface area (Å²) in [6.45, 7) is 4.05. The highest BCUT2D eigenvalue weighted by Gasteiger charge is 2.27. The fourth-order valence-electron chi connectivity index (χ4n) is 3.69. The fraction of sp³-hybridized carbons (Fsp3) is 0.435. The minimum absolute atomic E-state index is 0.0396. The summed E-state index contributed by atoms with van der Waals surface area (Å²) in [6, 6.07) is 16.5. The molecule has 3 rings (SSSR count). The van der Waals surface area contributed by atoms with Crippen LogP contribution in [0, 0.1) is 0 Å². The molecule has 1 aliphatic rings. The number of hydrogen-bond acceptors (Lipinski definition) is 4. The number of amides is 1. The van der Waals surface area contributed by atoms with E-state index in [2.05, 4.69) is 34.5 Å². The normalized spacial score (nSPS) is 15.6. The van der Waals surface area contributed by atoms with Gasteiger partial charge in [0.2, 0.25) is 5.91 Å². The quantitative estimate of drug-likeness (QED) is 0.699. The third kappa shape index (κ3) is 5.95. The Morgan fingerprint density at radius 3 is 2.34 bits per heavy atom. The number of methoxy groups -OCH3 is 1. The number of morpholine rings is 1. The second-order valence-electron chi connectivity index (χ2n) is 7.64. The van der Waals surface area contributed by atoms with E-state index in [1.165, 1.54) is 16.2 Å². The van der Waals surface area contributed by atoms with Crippen molar-refractivity contribution in [3.8, 4) is 5.75 Å². The van der Waals surface area contributed by atoms with E-state index in [1.807, 2.05) is 38.4 Å². The minimum atomic E-state index is 0.0396. The van der Waals surface area contributed by atoms with Gasteiger partial charge in [0, 0.05) is 25.3 Å². The van der Waals surface area contributed by atoms with E-state index < -0.39 is 0 Å². The van der Waals surface area contributed by atoms with Gasteiger partial charge >= 0.3 is 0 Å². The lowest BCUT2D eigenvalue weighted by Crippen LogP contribution is -3.15. The molecule has 2 N–H and O–H groups in total. The second-order valence-corrected chi connectivity index (χ2v) is 7.64. The smallest absolute Gasteiger partial charge is 0.224 e. The van der Waals surface area contributed by atoms with Crippen LogP contribution < -0.4 is 19.9 Å². The first-order valence-electron chi connectivity index (χ1n) is 10.2. The van der Waals surface area contributed by atoms with E-state index in [4.69, 9.17) is 9.47 Å². The lowest BCUT2D eigenvalue weighted by atomic mass is 10.0. The number of carbonyl (C=O) groups is 1. The third-order valence-corrected chi connectivity index (χ3v) is 5.47. The molecular formula is C23H32N3O3+. The Balaban J connectivity index is 1.65. The summed E-state index contributed by atoms with van der Waals surface area (Å²) in [5.74, 6) is 0.837. The highest BCUT2D eigenvalue weighted by atomic mass is 16.5. The van der Waals surface area contributed by atoms with Gasteiger partial charge in [-0.3, -0.25) is 4.79 Å². The molecule has 0 radical (unpaired) electrons. The van der Waals surface area contributed by atoms with Crippen LogP contribution in [0.15, 0.2) is 48.5 Å². The molecule has 1 aliphatic heterocycles. The molecule has 1 heterocycles. The average Bonchev–Trinajstić information content (AvgIpc) is 2.75. The molecule has 0 aliphatic carbocycles. The largest absolute Gasteiger partial charge is 0.497 e. The Hall–Kier alpha value is -2.57. The monoisotopic (exact) mass is 398 g/mol. The molecule has 1 amide bonds. The first-order valence-corrected chi connectivity index (χ1v) is 10.2. The maximum Gasteiger partial charge on any atom is 0.224 e. The molecule has 1 saturated heterocycles. The molecule has 1 atom stereocenters. The van der Waals surface area contributed by atoms with Crippen LogP contribution in [0.25, 0.3) is 0 Å². The summed E-state index contributed by atoms with van der Waals surface area (Å²) in [4.78, 5) is 16.1. The molecule has 0 aromatic heterocycles. The van der Waals surface area contributed by atoms with Gasteiger partial charge in [-0.1, -0.05) is 24.3 Å². The predicted octanol–water partition coefficient (Wildman–Crippen LogP) is 1.08. The zero-order valence-electron chi connectivity index (χ0n) is 17.6. The number of nitrogens with zero attached hydrogens (tertiary/aromatic N) is 1. The molecule has 1 fully saturated rings. The number of carbonyl (C=O) groups excluding carboxylic acids is 1. The average molecular weight is 399 g/mol. The van der Waals surface area contributed by atoms with Gasteiger partial charge in [0.25, 0.3) is 0 Å². The van der Waals surface area contributed by atoms with Crippen molar-refractivity contribution >= 4 is 11.6 Å². The Morgan fingerprint density at radius 1 is 1.10 bits per heavy atom. The first kappa shape index (κ1) is 21.1. The predicted molar refractivity (Wildman–Crippen MR) is 115 cm³/mol. The number of quaternary nitrogens is 1. The zero-order valence-corrected chi connectivity index (χ0v) is 17.6. The van der Waals surface area contributed by atoms with Crippen LogP contribution in [0.5, 0.6) is 5.75 Å². The van der Waals surface area contributed by atoms with Crippen molar-refractivity contribution < 1.29 is 19.2 Å². The maximum atomic E-state index is 12.5. The van der Waals surface area contributed by atoms with E-state index >= 15 is 0 Å². The van der Waals surface area contributed by atoms with Crippen molar-refractivity contribution in [1.29, 1.82) is 0 Å². The molecule has 6 heteroatoms. The highest BCUT2D eigenvalue weighted by Crippen LogP contribution is 2.17. The van der Waals surface area contributed by atoms with Gasteiger partial charge in [-0.25, -0.2) is 0 Å². The Bertz CT molecular complexity index is 769. The molecule has 0 saturated carbocycles.